The van der Waals surface area contributed by atoms with Crippen LogP contribution >= 0.6 is 0 Å². The molecule has 2 aromatic rings. The molecule has 20 heavy (non-hydrogen) atoms. The summed E-state index contributed by atoms with van der Waals surface area (Å²) in [7, 11) is 0. The third-order valence-electron chi connectivity index (χ3n) is 2.95. The average Bonchev–Trinajstić information content (AvgIpc) is 2.51. The highest BCUT2D eigenvalue weighted by molar-refractivity contribution is 5.37. The Morgan fingerprint density at radius 1 is 1.05 bits per heavy atom. The van der Waals surface area contributed by atoms with Gasteiger partial charge in [0.2, 0.25) is 0 Å². The maximum absolute atomic E-state index is 8.70. The first kappa shape index (κ1) is 14.2. The van der Waals surface area contributed by atoms with Gasteiger partial charge in [-0.15, -0.1) is 0 Å². The fraction of sp³-hybridized carbons (Fsp3) is 0.222. The average molecular weight is 266 g/mol. The summed E-state index contributed by atoms with van der Waals surface area (Å²) in [5.41, 5.74) is 3.23. The molecule has 0 aliphatic heterocycles. The Kier molecular flexibility index (Phi) is 5.23. The zero-order valence-corrected chi connectivity index (χ0v) is 11.6. The summed E-state index contributed by atoms with van der Waals surface area (Å²) in [6, 6.07) is 16.0. The van der Waals surface area contributed by atoms with E-state index in [4.69, 9.17) is 9.84 Å². The van der Waals surface area contributed by atoms with E-state index in [1.807, 2.05) is 36.4 Å². The molecular weight excluding hydrogens is 248 g/mol. The van der Waals surface area contributed by atoms with Crippen molar-refractivity contribution in [2.24, 2.45) is 0 Å². The first-order valence-electron chi connectivity index (χ1n) is 6.72. The molecule has 0 atom stereocenters. The molecule has 0 aliphatic rings. The Hall–Kier alpha value is -2.24. The van der Waals surface area contributed by atoms with E-state index in [1.54, 1.807) is 0 Å². The number of aryl methyl sites for hydroxylation is 1. The minimum absolute atomic E-state index is 0.120. The van der Waals surface area contributed by atoms with Crippen molar-refractivity contribution in [2.75, 3.05) is 6.61 Å². The van der Waals surface area contributed by atoms with Crippen LogP contribution in [-0.4, -0.2) is 11.7 Å². The molecule has 0 saturated heterocycles. The van der Waals surface area contributed by atoms with Crippen molar-refractivity contribution < 1.29 is 9.84 Å². The minimum Gasteiger partial charge on any atom is -0.489 e. The van der Waals surface area contributed by atoms with Crippen LogP contribution in [0, 0.1) is 11.8 Å². The molecule has 102 valence electrons. The van der Waals surface area contributed by atoms with E-state index < -0.39 is 0 Å². The van der Waals surface area contributed by atoms with E-state index in [2.05, 4.69) is 30.9 Å². The van der Waals surface area contributed by atoms with E-state index in [9.17, 15) is 0 Å². The zero-order chi connectivity index (χ0) is 14.2. The van der Waals surface area contributed by atoms with Crippen molar-refractivity contribution in [1.82, 2.24) is 0 Å². The van der Waals surface area contributed by atoms with Gasteiger partial charge in [0.1, 0.15) is 19.0 Å². The summed E-state index contributed by atoms with van der Waals surface area (Å²) in [5.74, 6) is 6.43. The Bertz CT molecular complexity index is 621. The van der Waals surface area contributed by atoms with E-state index >= 15 is 0 Å². The normalized spacial score (nSPS) is 9.70. The van der Waals surface area contributed by atoms with Gasteiger partial charge in [-0.05, 0) is 41.8 Å². The number of aliphatic hydroxyl groups is 1. The van der Waals surface area contributed by atoms with Gasteiger partial charge in [-0.1, -0.05) is 43.0 Å². The van der Waals surface area contributed by atoms with Crippen LogP contribution in [0.5, 0.6) is 5.75 Å². The number of aliphatic hydroxyl groups excluding tert-OH is 1. The molecule has 0 radical (unpaired) electrons. The molecule has 0 bridgehead atoms. The second-order valence-corrected chi connectivity index (χ2v) is 4.45. The van der Waals surface area contributed by atoms with Crippen LogP contribution in [0.3, 0.4) is 0 Å². The molecule has 2 rings (SSSR count). The van der Waals surface area contributed by atoms with Crippen LogP contribution in [0.15, 0.2) is 48.5 Å². The van der Waals surface area contributed by atoms with Crippen molar-refractivity contribution in [3.05, 3.63) is 65.2 Å². The lowest BCUT2D eigenvalue weighted by molar-refractivity contribution is 0.306. The number of rotatable bonds is 4. The van der Waals surface area contributed by atoms with Crippen LogP contribution in [-0.2, 0) is 13.0 Å². The van der Waals surface area contributed by atoms with Gasteiger partial charge in [0, 0.05) is 5.56 Å². The van der Waals surface area contributed by atoms with E-state index in [0.29, 0.717) is 6.61 Å². The Morgan fingerprint density at radius 3 is 2.65 bits per heavy atom. The second kappa shape index (κ2) is 7.37. The van der Waals surface area contributed by atoms with E-state index in [-0.39, 0.29) is 6.61 Å². The monoisotopic (exact) mass is 266 g/mol. The molecule has 2 aromatic carbocycles. The number of ether oxygens (including phenoxy) is 1. The van der Waals surface area contributed by atoms with Gasteiger partial charge >= 0.3 is 0 Å². The predicted molar refractivity (Wildman–Crippen MR) is 80.6 cm³/mol. The van der Waals surface area contributed by atoms with Gasteiger partial charge < -0.3 is 9.84 Å². The fourth-order valence-electron chi connectivity index (χ4n) is 1.90. The van der Waals surface area contributed by atoms with Crippen molar-refractivity contribution in [2.45, 2.75) is 20.0 Å². The maximum atomic E-state index is 8.70. The largest absolute Gasteiger partial charge is 0.489 e. The first-order valence-corrected chi connectivity index (χ1v) is 6.72. The molecule has 0 aromatic heterocycles. The number of benzene rings is 2. The molecule has 2 heteroatoms. The van der Waals surface area contributed by atoms with E-state index in [1.165, 1.54) is 5.56 Å². The molecule has 0 spiro atoms. The zero-order valence-electron chi connectivity index (χ0n) is 11.6. The lowest BCUT2D eigenvalue weighted by atomic mass is 10.1. The van der Waals surface area contributed by atoms with Crippen LogP contribution in [0.1, 0.15) is 23.6 Å². The van der Waals surface area contributed by atoms with Crippen LogP contribution in [0.4, 0.5) is 0 Å². The molecule has 0 saturated carbocycles. The lowest BCUT2D eigenvalue weighted by Crippen LogP contribution is -1.96. The Balaban J connectivity index is 2.03. The topological polar surface area (TPSA) is 29.5 Å². The van der Waals surface area contributed by atoms with Gasteiger partial charge in [-0.25, -0.2) is 0 Å². The van der Waals surface area contributed by atoms with Gasteiger partial charge in [0.25, 0.3) is 0 Å². The highest BCUT2D eigenvalue weighted by Crippen LogP contribution is 2.16. The third kappa shape index (κ3) is 4.15. The minimum atomic E-state index is -0.120. The third-order valence-corrected chi connectivity index (χ3v) is 2.95. The fourth-order valence-corrected chi connectivity index (χ4v) is 1.90. The van der Waals surface area contributed by atoms with Gasteiger partial charge in [-0.3, -0.25) is 0 Å². The summed E-state index contributed by atoms with van der Waals surface area (Å²) in [6.45, 7) is 2.52. The standard InChI is InChI=1S/C18H18O2/c1-2-15-6-4-10-18(13-15)20-14-17-8-3-7-16(12-17)9-5-11-19/h3-4,6-8,10,12-13,19H,2,11,14H2,1H3. The summed E-state index contributed by atoms with van der Waals surface area (Å²) in [4.78, 5) is 0. The molecule has 0 amide bonds. The second-order valence-electron chi connectivity index (χ2n) is 4.45. The molecule has 1 N–H and O–H groups in total. The number of hydrogen-bond donors (Lipinski definition) is 1. The SMILES string of the molecule is CCc1cccc(OCc2cccc(C#CCO)c2)c1. The highest BCUT2D eigenvalue weighted by Gasteiger charge is 1.98. The lowest BCUT2D eigenvalue weighted by Gasteiger charge is -2.08. The summed E-state index contributed by atoms with van der Waals surface area (Å²) >= 11 is 0. The summed E-state index contributed by atoms with van der Waals surface area (Å²) in [5, 5.41) is 8.70. The van der Waals surface area contributed by atoms with Crippen molar-refractivity contribution >= 4 is 0 Å². The molecule has 0 unspecified atom stereocenters. The van der Waals surface area contributed by atoms with Crippen molar-refractivity contribution in [3.63, 3.8) is 0 Å². The van der Waals surface area contributed by atoms with Gasteiger partial charge in [0.05, 0.1) is 0 Å². The van der Waals surface area contributed by atoms with Gasteiger partial charge in [-0.2, -0.15) is 0 Å². The molecule has 2 nitrogen and oxygen atoms in total. The van der Waals surface area contributed by atoms with Gasteiger partial charge in [0.15, 0.2) is 0 Å². The summed E-state index contributed by atoms with van der Waals surface area (Å²) in [6.07, 6.45) is 1.00. The van der Waals surface area contributed by atoms with Crippen molar-refractivity contribution in [1.29, 1.82) is 0 Å². The van der Waals surface area contributed by atoms with Crippen molar-refractivity contribution in [3.8, 4) is 17.6 Å². The number of hydrogen-bond acceptors (Lipinski definition) is 2. The van der Waals surface area contributed by atoms with Crippen LogP contribution in [0.2, 0.25) is 0 Å². The smallest absolute Gasteiger partial charge is 0.120 e. The quantitative estimate of drug-likeness (QED) is 0.861. The summed E-state index contributed by atoms with van der Waals surface area (Å²) < 4.78 is 5.80. The van der Waals surface area contributed by atoms with Crippen LogP contribution in [0.25, 0.3) is 0 Å². The molecule has 0 aliphatic carbocycles. The van der Waals surface area contributed by atoms with E-state index in [0.717, 1.165) is 23.3 Å². The predicted octanol–water partition coefficient (Wildman–Crippen LogP) is 3.17. The molecule has 0 fully saturated rings. The Labute approximate surface area is 120 Å². The maximum Gasteiger partial charge on any atom is 0.120 e. The molecule has 0 heterocycles. The molecular formula is C18H18O2. The first-order chi connectivity index (χ1) is 9.81. The highest BCUT2D eigenvalue weighted by atomic mass is 16.5. The Morgan fingerprint density at radius 2 is 1.85 bits per heavy atom. The van der Waals surface area contributed by atoms with Crippen LogP contribution < -0.4 is 4.74 Å².